The largest absolute Gasteiger partial charge is 0.491 e. The predicted molar refractivity (Wildman–Crippen MR) is 154 cm³/mol. The van der Waals surface area contributed by atoms with Gasteiger partial charge in [-0.05, 0) is 82.2 Å². The van der Waals surface area contributed by atoms with E-state index < -0.39 is 15.1 Å². The fourth-order valence-corrected chi connectivity index (χ4v) is 6.74. The van der Waals surface area contributed by atoms with Gasteiger partial charge in [0.25, 0.3) is 0 Å². The molecular formula is C31H39ClN2O3S. The van der Waals surface area contributed by atoms with E-state index in [-0.39, 0.29) is 6.10 Å². The van der Waals surface area contributed by atoms with E-state index in [1.807, 2.05) is 26.0 Å². The van der Waals surface area contributed by atoms with Crippen molar-refractivity contribution < 1.29 is 13.2 Å². The van der Waals surface area contributed by atoms with Crippen molar-refractivity contribution in [3.05, 3.63) is 81.4 Å². The van der Waals surface area contributed by atoms with Crippen LogP contribution in [0, 0.1) is 6.92 Å². The van der Waals surface area contributed by atoms with Crippen LogP contribution in [0.2, 0.25) is 5.02 Å². The number of aryl methyl sites for hydroxylation is 1. The topological polar surface area (TPSA) is 69.2 Å². The molecule has 0 atom stereocenters. The van der Waals surface area contributed by atoms with Gasteiger partial charge in [0.2, 0.25) is 0 Å². The van der Waals surface area contributed by atoms with Crippen molar-refractivity contribution >= 4 is 21.4 Å². The first-order valence-electron chi connectivity index (χ1n) is 13.7. The molecule has 1 fully saturated rings. The minimum absolute atomic E-state index is 0.0526. The molecule has 0 saturated heterocycles. The zero-order valence-corrected chi connectivity index (χ0v) is 24.7. The van der Waals surface area contributed by atoms with Gasteiger partial charge in [0, 0.05) is 24.6 Å². The van der Waals surface area contributed by atoms with Gasteiger partial charge in [-0.3, -0.25) is 0 Å². The van der Waals surface area contributed by atoms with E-state index in [0.717, 1.165) is 11.3 Å². The molecule has 2 aromatic carbocycles. The highest BCUT2D eigenvalue weighted by molar-refractivity contribution is 7.92. The van der Waals surface area contributed by atoms with Gasteiger partial charge in [0.05, 0.1) is 27.0 Å². The van der Waals surface area contributed by atoms with Crippen molar-refractivity contribution in [2.75, 3.05) is 0 Å². The Morgan fingerprint density at radius 1 is 1.00 bits per heavy atom. The summed E-state index contributed by atoms with van der Waals surface area (Å²) in [7, 11) is -3.44. The zero-order chi connectivity index (χ0) is 27.4. The Morgan fingerprint density at radius 3 is 2.39 bits per heavy atom. The molecule has 0 aliphatic heterocycles. The van der Waals surface area contributed by atoms with Gasteiger partial charge in [0.1, 0.15) is 11.6 Å². The third-order valence-electron chi connectivity index (χ3n) is 7.33. The zero-order valence-electron chi connectivity index (χ0n) is 23.1. The third kappa shape index (κ3) is 6.58. The third-order valence-corrected chi connectivity index (χ3v) is 9.90. The molecule has 204 valence electrons. The summed E-state index contributed by atoms with van der Waals surface area (Å²) in [6.07, 6.45) is 8.85. The summed E-state index contributed by atoms with van der Waals surface area (Å²) >= 11 is 6.51. The van der Waals surface area contributed by atoms with Crippen molar-refractivity contribution in [3.8, 4) is 5.75 Å². The summed E-state index contributed by atoms with van der Waals surface area (Å²) in [6.45, 7) is 9.67. The number of sulfone groups is 1. The molecule has 1 aromatic heterocycles. The maximum Gasteiger partial charge on any atom is 0.180 e. The molecule has 0 radical (unpaired) electrons. The van der Waals surface area contributed by atoms with E-state index in [2.05, 4.69) is 24.0 Å². The van der Waals surface area contributed by atoms with Crippen molar-refractivity contribution in [2.45, 2.75) is 102 Å². The quantitative estimate of drug-likeness (QED) is 0.272. The standard InChI is InChI=1S/C31H39ClN2O3S/c1-20(2)37-29-18-26(23-11-7-6-8-12-23)22(5)15-25(29)17-31-33-19-27(32)28(34-31)16-24-13-9-10-14-30(24)38(35,36)21(3)4/h9-10,13-15,18-21,23H,6-8,11-12,16-17H2,1-5H3. The van der Waals surface area contributed by atoms with Crippen molar-refractivity contribution in [1.29, 1.82) is 0 Å². The molecule has 1 saturated carbocycles. The molecule has 3 aromatic rings. The Kier molecular flexibility index (Phi) is 9.15. The summed E-state index contributed by atoms with van der Waals surface area (Å²) < 4.78 is 32.2. The van der Waals surface area contributed by atoms with E-state index in [1.165, 1.54) is 43.2 Å². The van der Waals surface area contributed by atoms with Crippen LogP contribution < -0.4 is 4.74 Å². The Morgan fingerprint density at radius 2 is 1.71 bits per heavy atom. The molecule has 1 aliphatic carbocycles. The van der Waals surface area contributed by atoms with Gasteiger partial charge in [-0.2, -0.15) is 0 Å². The maximum absolute atomic E-state index is 13.0. The molecule has 1 aliphatic rings. The van der Waals surface area contributed by atoms with E-state index in [9.17, 15) is 8.42 Å². The average molecular weight is 555 g/mol. The molecule has 0 unspecified atom stereocenters. The summed E-state index contributed by atoms with van der Waals surface area (Å²) in [5.74, 6) is 2.11. The lowest BCUT2D eigenvalue weighted by molar-refractivity contribution is 0.239. The van der Waals surface area contributed by atoms with Crippen molar-refractivity contribution in [3.63, 3.8) is 0 Å². The Balaban J connectivity index is 1.66. The van der Waals surface area contributed by atoms with Crippen molar-refractivity contribution in [1.82, 2.24) is 9.97 Å². The minimum Gasteiger partial charge on any atom is -0.491 e. The van der Waals surface area contributed by atoms with Gasteiger partial charge >= 0.3 is 0 Å². The van der Waals surface area contributed by atoms with Crippen LogP contribution in [0.3, 0.4) is 0 Å². The van der Waals surface area contributed by atoms with Gasteiger partial charge in [0.15, 0.2) is 9.84 Å². The molecule has 1 heterocycles. The summed E-state index contributed by atoms with van der Waals surface area (Å²) in [6, 6.07) is 11.6. The van der Waals surface area contributed by atoms with Gasteiger partial charge < -0.3 is 4.74 Å². The molecule has 0 amide bonds. The van der Waals surface area contributed by atoms with E-state index >= 15 is 0 Å². The maximum atomic E-state index is 13.0. The van der Waals surface area contributed by atoms with Crippen LogP contribution in [0.1, 0.15) is 99.5 Å². The van der Waals surface area contributed by atoms with Crippen LogP contribution in [0.25, 0.3) is 0 Å². The number of benzene rings is 2. The van der Waals surface area contributed by atoms with Crippen LogP contribution in [0.4, 0.5) is 0 Å². The second-order valence-electron chi connectivity index (χ2n) is 11.0. The molecule has 38 heavy (non-hydrogen) atoms. The number of hydrogen-bond donors (Lipinski definition) is 0. The van der Waals surface area contributed by atoms with Crippen LogP contribution in [-0.4, -0.2) is 29.7 Å². The van der Waals surface area contributed by atoms with E-state index in [1.54, 1.807) is 32.2 Å². The number of ether oxygens (including phenoxy) is 1. The lowest BCUT2D eigenvalue weighted by Gasteiger charge is -2.25. The molecule has 0 spiro atoms. The first kappa shape index (κ1) is 28.6. The van der Waals surface area contributed by atoms with Crippen LogP contribution in [0.15, 0.2) is 47.5 Å². The molecule has 4 rings (SSSR count). The second-order valence-corrected chi connectivity index (χ2v) is 13.8. The first-order chi connectivity index (χ1) is 18.1. The van der Waals surface area contributed by atoms with E-state index in [0.29, 0.717) is 45.8 Å². The van der Waals surface area contributed by atoms with Gasteiger partial charge in [-0.1, -0.05) is 55.1 Å². The van der Waals surface area contributed by atoms with E-state index in [4.69, 9.17) is 21.3 Å². The highest BCUT2D eigenvalue weighted by atomic mass is 35.5. The lowest BCUT2D eigenvalue weighted by atomic mass is 9.81. The van der Waals surface area contributed by atoms with Gasteiger partial charge in [-0.25, -0.2) is 18.4 Å². The number of rotatable bonds is 9. The first-order valence-corrected chi connectivity index (χ1v) is 15.6. The summed E-state index contributed by atoms with van der Waals surface area (Å²) in [5, 5.41) is -0.0905. The Hall–Kier alpha value is -2.44. The summed E-state index contributed by atoms with van der Waals surface area (Å²) in [5.41, 5.74) is 5.02. The SMILES string of the molecule is Cc1cc(Cc2ncc(Cl)c(Cc3ccccc3S(=O)(=O)C(C)C)n2)c(OC(C)C)cc1C1CCCCC1. The Labute approximate surface area is 232 Å². The normalized spacial score (nSPS) is 14.8. The average Bonchev–Trinajstić information content (AvgIpc) is 2.88. The number of aromatic nitrogens is 2. The second kappa shape index (κ2) is 12.2. The van der Waals surface area contributed by atoms with Crippen LogP contribution >= 0.6 is 11.6 Å². The predicted octanol–water partition coefficient (Wildman–Crippen LogP) is 7.64. The van der Waals surface area contributed by atoms with Crippen molar-refractivity contribution in [2.24, 2.45) is 0 Å². The summed E-state index contributed by atoms with van der Waals surface area (Å²) in [4.78, 5) is 9.65. The molecule has 7 heteroatoms. The smallest absolute Gasteiger partial charge is 0.180 e. The highest BCUT2D eigenvalue weighted by Gasteiger charge is 2.24. The van der Waals surface area contributed by atoms with Crippen LogP contribution in [-0.2, 0) is 22.7 Å². The fraction of sp³-hybridized carbons (Fsp3) is 0.484. The number of halogens is 1. The number of hydrogen-bond acceptors (Lipinski definition) is 5. The minimum atomic E-state index is -3.44. The fourth-order valence-electron chi connectivity index (χ4n) is 5.30. The lowest BCUT2D eigenvalue weighted by Crippen LogP contribution is -2.16. The van der Waals surface area contributed by atoms with Gasteiger partial charge in [-0.15, -0.1) is 0 Å². The van der Waals surface area contributed by atoms with Crippen LogP contribution in [0.5, 0.6) is 5.75 Å². The Bertz CT molecular complexity index is 1380. The molecule has 0 bridgehead atoms. The highest BCUT2D eigenvalue weighted by Crippen LogP contribution is 2.38. The monoisotopic (exact) mass is 554 g/mol. The number of nitrogens with zero attached hydrogens (tertiary/aromatic N) is 2. The molecule has 5 nitrogen and oxygen atoms in total. The molecular weight excluding hydrogens is 516 g/mol. The molecule has 0 N–H and O–H groups in total.